The van der Waals surface area contributed by atoms with E-state index >= 15 is 0 Å². The van der Waals surface area contributed by atoms with Gasteiger partial charge in [-0.2, -0.15) is 0 Å². The summed E-state index contributed by atoms with van der Waals surface area (Å²) in [6, 6.07) is 12.2. The fraction of sp³-hybridized carbons (Fsp3) is 0.360. The van der Waals surface area contributed by atoms with E-state index in [9.17, 15) is 14.7 Å². The molecule has 2 aromatic carbocycles. The molecule has 32 heavy (non-hydrogen) atoms. The molecule has 3 unspecified atom stereocenters. The summed E-state index contributed by atoms with van der Waals surface area (Å²) in [4.78, 5) is 27.8. The van der Waals surface area contributed by atoms with E-state index in [-0.39, 0.29) is 23.5 Å². The molecule has 0 spiro atoms. The Morgan fingerprint density at radius 2 is 2.06 bits per heavy atom. The monoisotopic (exact) mass is 497 g/mol. The maximum Gasteiger partial charge on any atom is 0.295 e. The highest BCUT2D eigenvalue weighted by molar-refractivity contribution is 9.10. The van der Waals surface area contributed by atoms with Gasteiger partial charge in [0.05, 0.1) is 17.7 Å². The number of aliphatic hydroxyl groups excluding tert-OH is 1. The van der Waals surface area contributed by atoms with E-state index < -0.39 is 17.7 Å². The van der Waals surface area contributed by atoms with Crippen LogP contribution in [0.15, 0.2) is 52.5 Å². The van der Waals surface area contributed by atoms with Crippen molar-refractivity contribution in [2.75, 3.05) is 13.2 Å². The van der Waals surface area contributed by atoms with Crippen LogP contribution in [0.3, 0.4) is 0 Å². The number of hydrogen-bond acceptors (Lipinski definition) is 5. The number of rotatable bonds is 4. The van der Waals surface area contributed by atoms with Crippen LogP contribution in [-0.2, 0) is 20.7 Å². The summed E-state index contributed by atoms with van der Waals surface area (Å²) in [6.07, 6.45) is 2.48. The maximum absolute atomic E-state index is 13.2. The van der Waals surface area contributed by atoms with Crippen LogP contribution < -0.4 is 4.74 Å². The quantitative estimate of drug-likeness (QED) is 0.385. The fourth-order valence-electron chi connectivity index (χ4n) is 4.82. The lowest BCUT2D eigenvalue weighted by Gasteiger charge is -2.27. The number of hydrogen-bond donors (Lipinski definition) is 1. The van der Waals surface area contributed by atoms with Crippen molar-refractivity contribution in [3.8, 4) is 5.75 Å². The lowest BCUT2D eigenvalue weighted by atomic mass is 9.94. The minimum atomic E-state index is -0.680. The van der Waals surface area contributed by atoms with Crippen molar-refractivity contribution in [2.45, 2.75) is 44.4 Å². The number of fused-ring (bicyclic) bond motifs is 1. The van der Waals surface area contributed by atoms with Crippen molar-refractivity contribution >= 4 is 33.4 Å². The van der Waals surface area contributed by atoms with E-state index in [2.05, 4.69) is 15.9 Å². The van der Waals surface area contributed by atoms with Gasteiger partial charge in [0.25, 0.3) is 11.7 Å². The number of Topliss-reactive ketones (excluding diaryl/α,β-unsaturated/α-hetero) is 1. The predicted octanol–water partition coefficient (Wildman–Crippen LogP) is 4.37. The van der Waals surface area contributed by atoms with Crippen LogP contribution in [0.25, 0.3) is 5.76 Å². The second kappa shape index (κ2) is 8.37. The number of likely N-dealkylation sites (tertiary alicyclic amines) is 1. The van der Waals surface area contributed by atoms with E-state index in [1.807, 2.05) is 43.3 Å². The zero-order valence-corrected chi connectivity index (χ0v) is 19.3. The predicted molar refractivity (Wildman–Crippen MR) is 122 cm³/mol. The van der Waals surface area contributed by atoms with E-state index in [0.717, 1.165) is 40.6 Å². The van der Waals surface area contributed by atoms with E-state index in [1.165, 1.54) is 0 Å². The summed E-state index contributed by atoms with van der Waals surface area (Å²) in [5, 5.41) is 11.3. The lowest BCUT2D eigenvalue weighted by molar-refractivity contribution is -0.140. The minimum Gasteiger partial charge on any atom is -0.507 e. The zero-order chi connectivity index (χ0) is 22.4. The van der Waals surface area contributed by atoms with Crippen molar-refractivity contribution < 1.29 is 24.2 Å². The molecule has 3 atom stereocenters. The number of amides is 1. The molecule has 3 aliphatic rings. The van der Waals surface area contributed by atoms with Crippen LogP contribution in [0.4, 0.5) is 0 Å². The second-order valence-electron chi connectivity index (χ2n) is 8.60. The third-order valence-corrected chi connectivity index (χ3v) is 6.79. The SMILES string of the molecule is CC1Cc2cc(/C(O)=C3\C(=O)C(=O)N(CC4CCCO4)C3c3cccc(Br)c3)ccc2O1. The van der Waals surface area contributed by atoms with Gasteiger partial charge < -0.3 is 19.5 Å². The molecule has 2 saturated heterocycles. The molecule has 0 aliphatic carbocycles. The molecule has 2 fully saturated rings. The zero-order valence-electron chi connectivity index (χ0n) is 17.7. The normalized spacial score (nSPS) is 26.4. The molecule has 2 aromatic rings. The Kier molecular flexibility index (Phi) is 5.55. The topological polar surface area (TPSA) is 76.1 Å². The Labute approximate surface area is 194 Å². The summed E-state index contributed by atoms with van der Waals surface area (Å²) in [5.74, 6) is -0.650. The molecule has 6 nitrogen and oxygen atoms in total. The van der Waals surface area contributed by atoms with Gasteiger partial charge in [0, 0.05) is 29.6 Å². The molecule has 0 bridgehead atoms. The van der Waals surface area contributed by atoms with E-state index in [4.69, 9.17) is 9.47 Å². The molecule has 0 saturated carbocycles. The van der Waals surface area contributed by atoms with E-state index in [1.54, 1.807) is 11.0 Å². The molecule has 166 valence electrons. The summed E-state index contributed by atoms with van der Waals surface area (Å²) in [7, 11) is 0. The number of ether oxygens (including phenoxy) is 2. The maximum atomic E-state index is 13.2. The number of aliphatic hydroxyl groups is 1. The lowest BCUT2D eigenvalue weighted by Crippen LogP contribution is -2.36. The highest BCUT2D eigenvalue weighted by Crippen LogP contribution is 2.41. The van der Waals surface area contributed by atoms with Crippen molar-refractivity contribution in [2.24, 2.45) is 0 Å². The Balaban J connectivity index is 1.60. The van der Waals surface area contributed by atoms with Gasteiger partial charge in [-0.1, -0.05) is 28.1 Å². The van der Waals surface area contributed by atoms with Crippen LogP contribution >= 0.6 is 15.9 Å². The first-order chi connectivity index (χ1) is 15.4. The number of carbonyl (C=O) groups excluding carboxylic acids is 2. The molecule has 7 heteroatoms. The number of halogens is 1. The molecule has 0 radical (unpaired) electrons. The Hall–Kier alpha value is -2.64. The molecule has 3 heterocycles. The van der Waals surface area contributed by atoms with Gasteiger partial charge in [0.1, 0.15) is 17.6 Å². The number of benzene rings is 2. The van der Waals surface area contributed by atoms with Gasteiger partial charge in [0.2, 0.25) is 0 Å². The highest BCUT2D eigenvalue weighted by Gasteiger charge is 2.47. The molecule has 1 amide bonds. The summed E-state index contributed by atoms with van der Waals surface area (Å²) < 4.78 is 12.3. The van der Waals surface area contributed by atoms with Crippen LogP contribution in [0.1, 0.15) is 42.5 Å². The standard InChI is InChI=1S/C25H24BrNO5/c1-14-10-17-11-16(7-8-20(17)32-14)23(28)21-22(15-4-2-5-18(26)12-15)27(25(30)24(21)29)13-19-6-3-9-31-19/h2,4-5,7-8,11-12,14,19,22,28H,3,6,9-10,13H2,1H3/b23-21+. The Morgan fingerprint density at radius 1 is 1.22 bits per heavy atom. The van der Waals surface area contributed by atoms with Gasteiger partial charge in [-0.05, 0) is 61.2 Å². The largest absolute Gasteiger partial charge is 0.507 e. The number of ketones is 1. The molecule has 3 aliphatic heterocycles. The van der Waals surface area contributed by atoms with Gasteiger partial charge in [0.15, 0.2) is 0 Å². The second-order valence-corrected chi connectivity index (χ2v) is 9.51. The Bertz CT molecular complexity index is 1120. The number of carbonyl (C=O) groups is 2. The van der Waals surface area contributed by atoms with Crippen LogP contribution in [0.2, 0.25) is 0 Å². The fourth-order valence-corrected chi connectivity index (χ4v) is 5.24. The van der Waals surface area contributed by atoms with Gasteiger partial charge in [-0.25, -0.2) is 0 Å². The number of nitrogens with zero attached hydrogens (tertiary/aromatic N) is 1. The van der Waals surface area contributed by atoms with Gasteiger partial charge in [-0.15, -0.1) is 0 Å². The highest BCUT2D eigenvalue weighted by atomic mass is 79.9. The van der Waals surface area contributed by atoms with Crippen molar-refractivity contribution in [3.05, 3.63) is 69.2 Å². The van der Waals surface area contributed by atoms with Crippen molar-refractivity contribution in [1.29, 1.82) is 0 Å². The Morgan fingerprint density at radius 3 is 2.81 bits per heavy atom. The molecule has 0 aromatic heterocycles. The first-order valence-corrected chi connectivity index (χ1v) is 11.7. The van der Waals surface area contributed by atoms with Gasteiger partial charge >= 0.3 is 0 Å². The average Bonchev–Trinajstić information content (AvgIpc) is 3.47. The summed E-state index contributed by atoms with van der Waals surface area (Å²) in [6.45, 7) is 2.96. The smallest absolute Gasteiger partial charge is 0.295 e. The molecule has 5 rings (SSSR count). The average molecular weight is 498 g/mol. The van der Waals surface area contributed by atoms with Crippen LogP contribution in [0, 0.1) is 0 Å². The van der Waals surface area contributed by atoms with Crippen LogP contribution in [-0.4, -0.2) is 47.1 Å². The third-order valence-electron chi connectivity index (χ3n) is 6.30. The minimum absolute atomic E-state index is 0.0704. The summed E-state index contributed by atoms with van der Waals surface area (Å²) in [5.41, 5.74) is 2.36. The first-order valence-electron chi connectivity index (χ1n) is 10.9. The summed E-state index contributed by atoms with van der Waals surface area (Å²) >= 11 is 3.48. The third kappa shape index (κ3) is 3.73. The molecular formula is C25H24BrNO5. The van der Waals surface area contributed by atoms with Crippen molar-refractivity contribution in [1.82, 2.24) is 4.90 Å². The first kappa shape index (κ1) is 21.2. The van der Waals surface area contributed by atoms with Crippen molar-refractivity contribution in [3.63, 3.8) is 0 Å². The molecular weight excluding hydrogens is 474 g/mol. The van der Waals surface area contributed by atoms with Gasteiger partial charge in [-0.3, -0.25) is 9.59 Å². The molecule has 1 N–H and O–H groups in total. The van der Waals surface area contributed by atoms with E-state index in [0.29, 0.717) is 18.7 Å². The van der Waals surface area contributed by atoms with Crippen LogP contribution in [0.5, 0.6) is 5.75 Å².